The Hall–Kier alpha value is -2.18. The molecule has 3 aromatic rings. The van der Waals surface area contributed by atoms with Crippen LogP contribution < -0.4 is 0 Å². The van der Waals surface area contributed by atoms with Gasteiger partial charge in [-0.1, -0.05) is 30.3 Å². The Kier molecular flexibility index (Phi) is 9.76. The molecule has 0 aliphatic heterocycles. The molecule has 39 heavy (non-hydrogen) atoms. The van der Waals surface area contributed by atoms with Crippen LogP contribution in [0.3, 0.4) is 0 Å². The predicted octanol–water partition coefficient (Wildman–Crippen LogP) is 5.55. The van der Waals surface area contributed by atoms with Gasteiger partial charge in [-0.3, -0.25) is 13.7 Å². The normalized spacial score (nSPS) is 15.5. The van der Waals surface area contributed by atoms with Crippen molar-refractivity contribution in [3.8, 4) is 17.3 Å². The molecule has 12 nitrogen and oxygen atoms in total. The standard InChI is InChI=1S/C24H33N4O8P3/c1-6-34-37(5,29)24(38(30,31)32,39(33,35-7-2)36-8-3)15-14-20-16-18(4)26-23-21(17-25)22(27-28(20)23)19-12-10-9-11-13-19/h9-13,16H,6-8,14-15H2,1-5H3,(H2,30,31,32). The van der Waals surface area contributed by atoms with Gasteiger partial charge in [0.1, 0.15) is 17.3 Å². The summed E-state index contributed by atoms with van der Waals surface area (Å²) in [4.78, 5) is 25.9. The highest BCUT2D eigenvalue weighted by atomic mass is 31.3. The van der Waals surface area contributed by atoms with Gasteiger partial charge in [-0.25, -0.2) is 9.50 Å². The van der Waals surface area contributed by atoms with Gasteiger partial charge in [0, 0.05) is 23.6 Å². The maximum atomic E-state index is 14.2. The maximum Gasteiger partial charge on any atom is 0.358 e. The maximum absolute atomic E-state index is 14.2. The van der Waals surface area contributed by atoms with Crippen molar-refractivity contribution in [2.45, 2.75) is 45.2 Å². The molecule has 2 unspecified atom stereocenters. The molecule has 0 fully saturated rings. The van der Waals surface area contributed by atoms with Crippen LogP contribution >= 0.6 is 22.6 Å². The van der Waals surface area contributed by atoms with E-state index in [1.54, 1.807) is 37.3 Å². The van der Waals surface area contributed by atoms with Crippen LogP contribution in [-0.4, -0.2) is 55.5 Å². The monoisotopic (exact) mass is 598 g/mol. The van der Waals surface area contributed by atoms with Crippen molar-refractivity contribution in [2.75, 3.05) is 26.5 Å². The zero-order valence-electron chi connectivity index (χ0n) is 22.5. The molecule has 0 bridgehead atoms. The average Bonchev–Trinajstić information content (AvgIpc) is 3.22. The van der Waals surface area contributed by atoms with Crippen LogP contribution in [0, 0.1) is 18.3 Å². The number of nitriles is 1. The highest BCUT2D eigenvalue weighted by Gasteiger charge is 2.71. The summed E-state index contributed by atoms with van der Waals surface area (Å²) < 4.78 is 56.2. The molecule has 0 aliphatic carbocycles. The first-order chi connectivity index (χ1) is 18.3. The van der Waals surface area contributed by atoms with E-state index in [4.69, 9.17) is 13.6 Å². The molecule has 212 valence electrons. The van der Waals surface area contributed by atoms with Crippen LogP contribution in [-0.2, 0) is 33.7 Å². The van der Waals surface area contributed by atoms with Crippen molar-refractivity contribution in [1.29, 1.82) is 5.26 Å². The third kappa shape index (κ3) is 5.69. The minimum atomic E-state index is -5.51. The Morgan fingerprint density at radius 3 is 2.13 bits per heavy atom. The van der Waals surface area contributed by atoms with E-state index >= 15 is 0 Å². The molecule has 1 aromatic carbocycles. The molecular formula is C24H33N4O8P3. The van der Waals surface area contributed by atoms with E-state index in [2.05, 4.69) is 16.2 Å². The Morgan fingerprint density at radius 2 is 1.62 bits per heavy atom. The first-order valence-electron chi connectivity index (χ1n) is 12.3. The predicted molar refractivity (Wildman–Crippen MR) is 147 cm³/mol. The Morgan fingerprint density at radius 1 is 1.03 bits per heavy atom. The molecule has 2 atom stereocenters. The second kappa shape index (κ2) is 12.1. The number of benzene rings is 1. The molecule has 0 saturated heterocycles. The van der Waals surface area contributed by atoms with Crippen molar-refractivity contribution < 1.29 is 37.1 Å². The molecule has 0 amide bonds. The summed E-state index contributed by atoms with van der Waals surface area (Å²) in [6.45, 7) is 6.66. The number of aromatic nitrogens is 3. The van der Waals surface area contributed by atoms with Crippen LogP contribution in [0.25, 0.3) is 16.9 Å². The Labute approximate surface area is 227 Å². The fraction of sp³-hybridized carbons (Fsp3) is 0.458. The van der Waals surface area contributed by atoms with Gasteiger partial charge in [-0.15, -0.1) is 0 Å². The molecule has 2 heterocycles. The van der Waals surface area contributed by atoms with Gasteiger partial charge in [-0.05, 0) is 46.6 Å². The third-order valence-corrected chi connectivity index (χ3v) is 17.1. The van der Waals surface area contributed by atoms with Crippen molar-refractivity contribution in [3.63, 3.8) is 0 Å². The number of aryl methyl sites for hydroxylation is 2. The summed E-state index contributed by atoms with van der Waals surface area (Å²) >= 11 is 0. The van der Waals surface area contributed by atoms with Gasteiger partial charge in [0.25, 0.3) is 0 Å². The largest absolute Gasteiger partial charge is 0.358 e. The molecule has 2 aromatic heterocycles. The van der Waals surface area contributed by atoms with E-state index < -0.39 is 33.6 Å². The molecule has 0 saturated carbocycles. The van der Waals surface area contributed by atoms with Gasteiger partial charge in [0.05, 0.1) is 19.8 Å². The minimum absolute atomic E-state index is 0.155. The van der Waals surface area contributed by atoms with E-state index in [1.807, 2.05) is 6.07 Å². The average molecular weight is 598 g/mol. The summed E-state index contributed by atoms with van der Waals surface area (Å²) in [5, 5.41) is 14.5. The Bertz CT molecular complexity index is 1510. The number of hydrogen-bond acceptors (Lipinski definition) is 9. The number of nitrogens with zero attached hydrogens (tertiary/aromatic N) is 4. The first kappa shape index (κ1) is 31.3. The molecule has 3 rings (SSSR count). The van der Waals surface area contributed by atoms with Gasteiger partial charge >= 0.3 is 15.2 Å². The highest BCUT2D eigenvalue weighted by Crippen LogP contribution is 2.88. The molecule has 2 N–H and O–H groups in total. The fourth-order valence-corrected chi connectivity index (χ4v) is 13.8. The van der Waals surface area contributed by atoms with E-state index in [0.717, 1.165) is 6.66 Å². The first-order valence-corrected chi connectivity index (χ1v) is 17.6. The smallest absolute Gasteiger partial charge is 0.328 e. The SMILES string of the molecule is CCOP(C)(=O)C(CCc1cc(C)nc2c(C#N)c(-c3ccccc3)nn12)(P(=O)(O)O)P(=O)(OCC)OCC. The molecule has 15 heteroatoms. The lowest BCUT2D eigenvalue weighted by Gasteiger charge is -2.41. The van der Waals surface area contributed by atoms with Crippen LogP contribution in [0.1, 0.15) is 44.1 Å². The minimum Gasteiger partial charge on any atom is -0.328 e. The zero-order chi connectivity index (χ0) is 29.1. The summed E-state index contributed by atoms with van der Waals surface area (Å²) in [5.74, 6) is 0. The molecule has 0 aliphatic rings. The number of rotatable bonds is 13. The van der Waals surface area contributed by atoms with E-state index in [-0.39, 0.29) is 37.5 Å². The van der Waals surface area contributed by atoms with Crippen LogP contribution in [0.5, 0.6) is 0 Å². The molecule has 0 spiro atoms. The summed E-state index contributed by atoms with van der Waals surface area (Å²) in [6, 6.07) is 12.8. The fourth-order valence-electron chi connectivity index (χ4n) is 4.63. The lowest BCUT2D eigenvalue weighted by atomic mass is 10.1. The number of fused-ring (bicyclic) bond motifs is 1. The van der Waals surface area contributed by atoms with Crippen LogP contribution in [0.2, 0.25) is 0 Å². The van der Waals surface area contributed by atoms with E-state index in [1.165, 1.54) is 25.3 Å². The lowest BCUT2D eigenvalue weighted by molar-refractivity contribution is 0.204. The summed E-state index contributed by atoms with van der Waals surface area (Å²) in [5.41, 5.74) is 2.43. The lowest BCUT2D eigenvalue weighted by Crippen LogP contribution is -2.33. The van der Waals surface area contributed by atoms with E-state index in [0.29, 0.717) is 22.6 Å². The molecule has 0 radical (unpaired) electrons. The van der Waals surface area contributed by atoms with Crippen molar-refractivity contribution in [3.05, 3.63) is 53.3 Å². The quantitative estimate of drug-likeness (QED) is 0.236. The number of hydrogen-bond donors (Lipinski definition) is 2. The van der Waals surface area contributed by atoms with Gasteiger partial charge < -0.3 is 23.4 Å². The second-order valence-electron chi connectivity index (χ2n) is 8.74. The summed E-state index contributed by atoms with van der Waals surface area (Å²) in [6.07, 6.45) is -0.774. The second-order valence-corrected chi connectivity index (χ2v) is 16.6. The van der Waals surface area contributed by atoms with Crippen molar-refractivity contribution in [1.82, 2.24) is 14.6 Å². The molecular weight excluding hydrogens is 565 g/mol. The topological polar surface area (TPSA) is 173 Å². The highest BCUT2D eigenvalue weighted by molar-refractivity contribution is 7.91. The summed E-state index contributed by atoms with van der Waals surface area (Å²) in [7, 11) is -14.6. The van der Waals surface area contributed by atoms with Gasteiger partial charge in [0.2, 0.25) is 12.0 Å². The Balaban J connectivity index is 2.28. The van der Waals surface area contributed by atoms with Crippen molar-refractivity contribution in [2.24, 2.45) is 0 Å². The zero-order valence-corrected chi connectivity index (χ0v) is 25.2. The van der Waals surface area contributed by atoms with E-state index in [9.17, 15) is 28.7 Å². The van der Waals surface area contributed by atoms with Crippen LogP contribution in [0.15, 0.2) is 36.4 Å². The van der Waals surface area contributed by atoms with Crippen molar-refractivity contribution >= 4 is 28.2 Å². The van der Waals surface area contributed by atoms with Gasteiger partial charge in [0.15, 0.2) is 5.65 Å². The third-order valence-electron chi connectivity index (χ3n) is 6.20. The van der Waals surface area contributed by atoms with Gasteiger partial charge in [-0.2, -0.15) is 10.4 Å². The van der Waals surface area contributed by atoms with Crippen LogP contribution in [0.4, 0.5) is 0 Å².